The maximum absolute atomic E-state index is 11.3. The van der Waals surface area contributed by atoms with Crippen molar-refractivity contribution in [2.24, 2.45) is 0 Å². The maximum Gasteiger partial charge on any atom is 0.175 e. The van der Waals surface area contributed by atoms with E-state index in [1.54, 1.807) is 18.6 Å². The van der Waals surface area contributed by atoms with Crippen molar-refractivity contribution >= 4 is 17.1 Å². The summed E-state index contributed by atoms with van der Waals surface area (Å²) in [5.74, 6) is 5.75. The van der Waals surface area contributed by atoms with Crippen LogP contribution in [0.3, 0.4) is 0 Å². The van der Waals surface area contributed by atoms with Gasteiger partial charge in [-0.25, -0.2) is 0 Å². The Morgan fingerprint density at radius 1 is 1.75 bits per heavy atom. The highest BCUT2D eigenvalue weighted by Crippen LogP contribution is 2.09. The molecule has 0 bridgehead atoms. The number of hydrogen-bond acceptors (Lipinski definition) is 3. The van der Waals surface area contributed by atoms with Gasteiger partial charge in [0.25, 0.3) is 0 Å². The third-order valence-electron chi connectivity index (χ3n) is 1.36. The van der Waals surface area contributed by atoms with E-state index in [1.807, 2.05) is 0 Å². The van der Waals surface area contributed by atoms with Crippen molar-refractivity contribution in [3.63, 3.8) is 0 Å². The first-order valence-electron chi connectivity index (χ1n) is 3.66. The molecule has 0 amide bonds. The molecular formula is C9H9NOS. The molecule has 0 fully saturated rings. The number of rotatable bonds is 3. The Balaban J connectivity index is 2.43. The number of carbonyl (C=O) groups excluding carboxylic acids is 1. The van der Waals surface area contributed by atoms with E-state index in [0.29, 0.717) is 12.8 Å². The molecule has 0 radical (unpaired) electrons. The molecule has 0 saturated carbocycles. The number of hydrogen-bond donors (Lipinski definition) is 0. The summed E-state index contributed by atoms with van der Waals surface area (Å²) >= 11 is 1.38. The van der Waals surface area contributed by atoms with Crippen LogP contribution in [0.1, 0.15) is 29.4 Å². The number of carbonyl (C=O) groups is 1. The van der Waals surface area contributed by atoms with Gasteiger partial charge in [-0.1, -0.05) is 0 Å². The van der Waals surface area contributed by atoms with Gasteiger partial charge in [0.05, 0.1) is 10.4 Å². The molecule has 0 spiro atoms. The summed E-state index contributed by atoms with van der Waals surface area (Å²) < 4.78 is 0. The minimum atomic E-state index is 0.139. The van der Waals surface area contributed by atoms with Crippen molar-refractivity contribution in [2.75, 3.05) is 0 Å². The minimum Gasteiger partial charge on any atom is -0.293 e. The van der Waals surface area contributed by atoms with E-state index < -0.39 is 0 Å². The fourth-order valence-electron chi connectivity index (χ4n) is 0.778. The Morgan fingerprint density at radius 2 is 2.58 bits per heavy atom. The van der Waals surface area contributed by atoms with E-state index in [4.69, 9.17) is 0 Å². The topological polar surface area (TPSA) is 30.0 Å². The lowest BCUT2D eigenvalue weighted by molar-refractivity contribution is 0.0988. The molecule has 0 saturated heterocycles. The van der Waals surface area contributed by atoms with Crippen molar-refractivity contribution in [3.05, 3.63) is 16.6 Å². The third kappa shape index (κ3) is 2.48. The second kappa shape index (κ2) is 4.68. The van der Waals surface area contributed by atoms with Crippen LogP contribution in [0.15, 0.2) is 11.7 Å². The highest BCUT2D eigenvalue weighted by molar-refractivity contribution is 7.11. The Kier molecular flexibility index (Phi) is 3.49. The molecule has 0 aromatic carbocycles. The smallest absolute Gasteiger partial charge is 0.175 e. The van der Waals surface area contributed by atoms with Crippen LogP contribution < -0.4 is 0 Å². The molecule has 1 heterocycles. The summed E-state index contributed by atoms with van der Waals surface area (Å²) in [6, 6.07) is 0. The average molecular weight is 179 g/mol. The standard InChI is InChI=1S/C9H9NOS/c1-2-3-4-5-8(11)9-6-10-7-12-9/h6-7H,4-5H2,1H3. The van der Waals surface area contributed by atoms with Gasteiger partial charge in [0.15, 0.2) is 5.78 Å². The third-order valence-corrected chi connectivity index (χ3v) is 2.18. The van der Waals surface area contributed by atoms with Gasteiger partial charge in [0.1, 0.15) is 0 Å². The van der Waals surface area contributed by atoms with Gasteiger partial charge < -0.3 is 0 Å². The lowest BCUT2D eigenvalue weighted by Gasteiger charge is -1.89. The Labute approximate surface area is 75.6 Å². The molecule has 0 unspecified atom stereocenters. The summed E-state index contributed by atoms with van der Waals surface area (Å²) in [5, 5.41) is 0. The lowest BCUT2D eigenvalue weighted by Crippen LogP contribution is -1.94. The normalized spacial score (nSPS) is 8.75. The van der Waals surface area contributed by atoms with Gasteiger partial charge in [-0.3, -0.25) is 9.78 Å². The van der Waals surface area contributed by atoms with E-state index in [1.165, 1.54) is 11.3 Å². The molecule has 0 aliphatic heterocycles. The molecule has 1 aromatic rings. The first-order valence-corrected chi connectivity index (χ1v) is 4.54. The zero-order valence-corrected chi connectivity index (χ0v) is 7.65. The summed E-state index contributed by atoms with van der Waals surface area (Å²) in [7, 11) is 0. The van der Waals surface area contributed by atoms with Gasteiger partial charge in [-0.15, -0.1) is 23.2 Å². The van der Waals surface area contributed by atoms with E-state index in [9.17, 15) is 4.79 Å². The van der Waals surface area contributed by atoms with Crippen LogP contribution in [0.2, 0.25) is 0 Å². The van der Waals surface area contributed by atoms with Gasteiger partial charge in [-0.05, 0) is 6.92 Å². The summed E-state index contributed by atoms with van der Waals surface area (Å²) in [6.07, 6.45) is 2.75. The molecule has 62 valence electrons. The molecule has 0 N–H and O–H groups in total. The number of thiazole rings is 1. The number of ketones is 1. The summed E-state index contributed by atoms with van der Waals surface area (Å²) in [6.45, 7) is 1.77. The number of nitrogens with zero attached hydrogens (tertiary/aromatic N) is 1. The van der Waals surface area contributed by atoms with E-state index in [0.717, 1.165) is 4.88 Å². The second-order valence-electron chi connectivity index (χ2n) is 2.22. The second-order valence-corrected chi connectivity index (χ2v) is 3.10. The predicted molar refractivity (Wildman–Crippen MR) is 49.1 cm³/mol. The van der Waals surface area contributed by atoms with Gasteiger partial charge in [0.2, 0.25) is 0 Å². The largest absolute Gasteiger partial charge is 0.293 e. The molecular weight excluding hydrogens is 170 g/mol. The zero-order valence-electron chi connectivity index (χ0n) is 6.83. The molecule has 0 aliphatic carbocycles. The van der Waals surface area contributed by atoms with Crippen molar-refractivity contribution in [2.45, 2.75) is 19.8 Å². The van der Waals surface area contributed by atoms with Crippen LogP contribution in [0.25, 0.3) is 0 Å². The Bertz CT molecular complexity index is 305. The van der Waals surface area contributed by atoms with Crippen LogP contribution in [0, 0.1) is 11.8 Å². The van der Waals surface area contributed by atoms with Crippen LogP contribution in [0.5, 0.6) is 0 Å². The number of aromatic nitrogens is 1. The van der Waals surface area contributed by atoms with Crippen molar-refractivity contribution in [1.29, 1.82) is 0 Å². The van der Waals surface area contributed by atoms with Gasteiger partial charge in [-0.2, -0.15) is 0 Å². The molecule has 2 nitrogen and oxygen atoms in total. The first kappa shape index (κ1) is 8.95. The van der Waals surface area contributed by atoms with Crippen LogP contribution in [-0.4, -0.2) is 10.8 Å². The zero-order chi connectivity index (χ0) is 8.81. The van der Waals surface area contributed by atoms with Crippen LogP contribution in [-0.2, 0) is 0 Å². The van der Waals surface area contributed by atoms with Crippen molar-refractivity contribution < 1.29 is 4.79 Å². The number of Topliss-reactive ketones (excluding diaryl/α,β-unsaturated/α-hetero) is 1. The fraction of sp³-hybridized carbons (Fsp3) is 0.333. The van der Waals surface area contributed by atoms with Crippen molar-refractivity contribution in [1.82, 2.24) is 4.98 Å². The highest BCUT2D eigenvalue weighted by Gasteiger charge is 2.05. The molecule has 1 rings (SSSR count). The monoisotopic (exact) mass is 179 g/mol. The Morgan fingerprint density at radius 3 is 3.17 bits per heavy atom. The summed E-state index contributed by atoms with van der Waals surface area (Å²) in [4.78, 5) is 15.8. The minimum absolute atomic E-state index is 0.139. The average Bonchev–Trinajstić information content (AvgIpc) is 2.56. The van der Waals surface area contributed by atoms with E-state index >= 15 is 0 Å². The predicted octanol–water partition coefficient (Wildman–Crippen LogP) is 2.13. The molecule has 0 atom stereocenters. The molecule has 12 heavy (non-hydrogen) atoms. The summed E-state index contributed by atoms with van der Waals surface area (Å²) in [5.41, 5.74) is 1.67. The van der Waals surface area contributed by atoms with Crippen LogP contribution >= 0.6 is 11.3 Å². The molecule has 3 heteroatoms. The molecule has 0 aliphatic rings. The quantitative estimate of drug-likeness (QED) is 0.525. The van der Waals surface area contributed by atoms with E-state index in [2.05, 4.69) is 16.8 Å². The Hall–Kier alpha value is -1.14. The van der Waals surface area contributed by atoms with E-state index in [-0.39, 0.29) is 5.78 Å². The van der Waals surface area contributed by atoms with Gasteiger partial charge in [0, 0.05) is 19.0 Å². The maximum atomic E-state index is 11.3. The van der Waals surface area contributed by atoms with Crippen molar-refractivity contribution in [3.8, 4) is 11.8 Å². The highest BCUT2D eigenvalue weighted by atomic mass is 32.1. The first-order chi connectivity index (χ1) is 5.84. The van der Waals surface area contributed by atoms with Gasteiger partial charge >= 0.3 is 0 Å². The SMILES string of the molecule is CC#CCCC(=O)c1cncs1. The lowest BCUT2D eigenvalue weighted by atomic mass is 10.2. The molecule has 1 aromatic heterocycles. The fourth-order valence-corrected chi connectivity index (χ4v) is 1.37. The van der Waals surface area contributed by atoms with Crippen LogP contribution in [0.4, 0.5) is 0 Å².